The summed E-state index contributed by atoms with van der Waals surface area (Å²) in [6.45, 7) is 3.15. The molecule has 3 aromatic rings. The molecule has 0 fully saturated rings. The van der Waals surface area contributed by atoms with Gasteiger partial charge in [-0.1, -0.05) is 24.2 Å². The Kier molecular flexibility index (Phi) is 3.05. The summed E-state index contributed by atoms with van der Waals surface area (Å²) in [5.41, 5.74) is 8.05. The van der Waals surface area contributed by atoms with Crippen molar-refractivity contribution in [3.05, 3.63) is 47.7 Å². The summed E-state index contributed by atoms with van der Waals surface area (Å²) in [6, 6.07) is 8.23. The molecule has 98 valence electrons. The molecule has 0 atom stereocenters. The molecule has 0 aliphatic heterocycles. The van der Waals surface area contributed by atoms with Crippen molar-refractivity contribution in [2.45, 2.75) is 26.4 Å². The Morgan fingerprint density at radius 3 is 2.95 bits per heavy atom. The van der Waals surface area contributed by atoms with Gasteiger partial charge in [-0.15, -0.1) is 0 Å². The second-order valence-electron chi connectivity index (χ2n) is 4.46. The van der Waals surface area contributed by atoms with Gasteiger partial charge in [0.2, 0.25) is 5.89 Å². The van der Waals surface area contributed by atoms with Gasteiger partial charge in [-0.25, -0.2) is 0 Å². The van der Waals surface area contributed by atoms with Crippen molar-refractivity contribution in [2.24, 2.45) is 5.73 Å². The summed E-state index contributed by atoms with van der Waals surface area (Å²) in [6.07, 6.45) is 2.79. The lowest BCUT2D eigenvalue weighted by Crippen LogP contribution is -2.01. The van der Waals surface area contributed by atoms with Crippen molar-refractivity contribution in [3.63, 3.8) is 0 Å². The summed E-state index contributed by atoms with van der Waals surface area (Å²) in [5, 5.41) is 5.16. The lowest BCUT2D eigenvalue weighted by atomic mass is 10.1. The molecule has 5 heteroatoms. The van der Waals surface area contributed by atoms with Gasteiger partial charge >= 0.3 is 0 Å². The minimum absolute atomic E-state index is 0.545. The van der Waals surface area contributed by atoms with Crippen molar-refractivity contribution in [1.82, 2.24) is 14.7 Å². The number of aryl methyl sites for hydroxylation is 1. The van der Waals surface area contributed by atoms with Gasteiger partial charge in [0, 0.05) is 30.1 Å². The van der Waals surface area contributed by atoms with Crippen LogP contribution in [-0.4, -0.2) is 14.7 Å². The molecule has 0 bridgehead atoms. The molecule has 2 aromatic heterocycles. The van der Waals surface area contributed by atoms with Crippen LogP contribution in [0.5, 0.6) is 0 Å². The SMILES string of the molecule is CCc1nc(Cn2ccc3c(CN)cccc32)no1. The van der Waals surface area contributed by atoms with Crippen LogP contribution < -0.4 is 5.73 Å². The smallest absolute Gasteiger partial charge is 0.226 e. The van der Waals surface area contributed by atoms with Gasteiger partial charge in [0.05, 0.1) is 6.54 Å². The van der Waals surface area contributed by atoms with E-state index in [4.69, 9.17) is 10.3 Å². The van der Waals surface area contributed by atoms with E-state index in [9.17, 15) is 0 Å². The van der Waals surface area contributed by atoms with Gasteiger partial charge in [-0.3, -0.25) is 0 Å². The molecule has 1 aromatic carbocycles. The summed E-state index contributed by atoms with van der Waals surface area (Å²) >= 11 is 0. The Morgan fingerprint density at radius 2 is 2.21 bits per heavy atom. The Morgan fingerprint density at radius 1 is 1.32 bits per heavy atom. The molecule has 19 heavy (non-hydrogen) atoms. The molecule has 5 nitrogen and oxygen atoms in total. The number of aromatic nitrogens is 3. The normalized spacial score (nSPS) is 11.3. The maximum atomic E-state index is 5.75. The molecule has 0 saturated carbocycles. The van der Waals surface area contributed by atoms with E-state index in [1.165, 1.54) is 5.39 Å². The largest absolute Gasteiger partial charge is 0.340 e. The summed E-state index contributed by atoms with van der Waals surface area (Å²) < 4.78 is 7.23. The Bertz CT molecular complexity index is 698. The third kappa shape index (κ3) is 2.13. The highest BCUT2D eigenvalue weighted by Crippen LogP contribution is 2.20. The van der Waals surface area contributed by atoms with Crippen molar-refractivity contribution in [2.75, 3.05) is 0 Å². The quantitative estimate of drug-likeness (QED) is 0.776. The zero-order valence-corrected chi connectivity index (χ0v) is 10.8. The van der Waals surface area contributed by atoms with Gasteiger partial charge in [0.1, 0.15) is 0 Å². The van der Waals surface area contributed by atoms with Crippen molar-refractivity contribution < 1.29 is 4.52 Å². The third-order valence-electron chi connectivity index (χ3n) is 3.25. The van der Waals surface area contributed by atoms with Crippen LogP contribution in [0.3, 0.4) is 0 Å². The highest BCUT2D eigenvalue weighted by atomic mass is 16.5. The summed E-state index contributed by atoms with van der Waals surface area (Å²) in [5.74, 6) is 1.38. The van der Waals surface area contributed by atoms with Crippen LogP contribution in [0, 0.1) is 0 Å². The molecule has 0 unspecified atom stereocenters. The van der Waals surface area contributed by atoms with E-state index in [2.05, 4.69) is 32.9 Å². The number of benzene rings is 1. The fourth-order valence-corrected chi connectivity index (χ4v) is 2.25. The van der Waals surface area contributed by atoms with Crippen LogP contribution in [-0.2, 0) is 19.5 Å². The van der Waals surface area contributed by atoms with Gasteiger partial charge in [0.25, 0.3) is 0 Å². The van der Waals surface area contributed by atoms with Crippen LogP contribution >= 0.6 is 0 Å². The average Bonchev–Trinajstić information content (AvgIpc) is 3.06. The molecule has 2 heterocycles. The first-order valence-corrected chi connectivity index (χ1v) is 6.40. The fourth-order valence-electron chi connectivity index (χ4n) is 2.25. The van der Waals surface area contributed by atoms with Crippen LogP contribution in [0.2, 0.25) is 0 Å². The van der Waals surface area contributed by atoms with Crippen LogP contribution in [0.15, 0.2) is 35.0 Å². The summed E-state index contributed by atoms with van der Waals surface area (Å²) in [7, 11) is 0. The Hall–Kier alpha value is -2.14. The number of hydrogen-bond acceptors (Lipinski definition) is 4. The lowest BCUT2D eigenvalue weighted by Gasteiger charge is -2.03. The van der Waals surface area contributed by atoms with Gasteiger partial charge in [-0.2, -0.15) is 4.98 Å². The van der Waals surface area contributed by atoms with Crippen LogP contribution in [0.1, 0.15) is 24.2 Å². The second kappa shape index (κ2) is 4.85. The van der Waals surface area contributed by atoms with E-state index in [0.717, 1.165) is 17.5 Å². The highest BCUT2D eigenvalue weighted by molar-refractivity contribution is 5.83. The van der Waals surface area contributed by atoms with Gasteiger partial charge < -0.3 is 14.8 Å². The first kappa shape index (κ1) is 11.9. The molecule has 2 N–H and O–H groups in total. The zero-order valence-electron chi connectivity index (χ0n) is 10.8. The molecule has 0 saturated heterocycles. The molecule has 0 amide bonds. The predicted octanol–water partition coefficient (Wildman–Crippen LogP) is 2.09. The standard InChI is InChI=1S/C14H16N4O/c1-2-14-16-13(17-19-14)9-18-7-6-11-10(8-15)4-3-5-12(11)18/h3-7H,2,8-9,15H2,1H3. The van der Waals surface area contributed by atoms with E-state index in [0.29, 0.717) is 24.8 Å². The van der Waals surface area contributed by atoms with E-state index < -0.39 is 0 Å². The molecular formula is C14H16N4O. The topological polar surface area (TPSA) is 69.9 Å². The Balaban J connectivity index is 1.97. The van der Waals surface area contributed by atoms with E-state index in [1.54, 1.807) is 0 Å². The first-order valence-electron chi connectivity index (χ1n) is 6.40. The van der Waals surface area contributed by atoms with Crippen molar-refractivity contribution in [3.8, 4) is 0 Å². The van der Waals surface area contributed by atoms with Crippen LogP contribution in [0.25, 0.3) is 10.9 Å². The highest BCUT2D eigenvalue weighted by Gasteiger charge is 2.08. The minimum Gasteiger partial charge on any atom is -0.340 e. The fraction of sp³-hybridized carbons (Fsp3) is 0.286. The second-order valence-corrected chi connectivity index (χ2v) is 4.46. The van der Waals surface area contributed by atoms with Crippen LogP contribution in [0.4, 0.5) is 0 Å². The predicted molar refractivity (Wildman–Crippen MR) is 72.6 cm³/mol. The number of nitrogens with two attached hydrogens (primary N) is 1. The summed E-state index contributed by atoms with van der Waals surface area (Å²) in [4.78, 5) is 4.33. The minimum atomic E-state index is 0.545. The maximum absolute atomic E-state index is 5.75. The van der Waals surface area contributed by atoms with E-state index in [-0.39, 0.29) is 0 Å². The number of nitrogens with zero attached hydrogens (tertiary/aromatic N) is 3. The monoisotopic (exact) mass is 256 g/mol. The first-order chi connectivity index (χ1) is 9.31. The molecule has 0 radical (unpaired) electrons. The van der Waals surface area contributed by atoms with E-state index in [1.807, 2.05) is 19.2 Å². The van der Waals surface area contributed by atoms with Gasteiger partial charge in [0.15, 0.2) is 5.82 Å². The molecule has 0 aliphatic rings. The number of fused-ring (bicyclic) bond motifs is 1. The molecule has 0 aliphatic carbocycles. The van der Waals surface area contributed by atoms with Crippen molar-refractivity contribution >= 4 is 10.9 Å². The Labute approximate surface area is 111 Å². The van der Waals surface area contributed by atoms with Crippen molar-refractivity contribution in [1.29, 1.82) is 0 Å². The van der Waals surface area contributed by atoms with E-state index >= 15 is 0 Å². The third-order valence-corrected chi connectivity index (χ3v) is 3.25. The zero-order chi connectivity index (χ0) is 13.2. The number of hydrogen-bond donors (Lipinski definition) is 1. The molecule has 0 spiro atoms. The molecular weight excluding hydrogens is 240 g/mol. The lowest BCUT2D eigenvalue weighted by molar-refractivity contribution is 0.375. The maximum Gasteiger partial charge on any atom is 0.226 e. The van der Waals surface area contributed by atoms with Gasteiger partial charge in [-0.05, 0) is 17.7 Å². The number of rotatable bonds is 4. The molecule has 3 rings (SSSR count). The average molecular weight is 256 g/mol.